The van der Waals surface area contributed by atoms with Crippen LogP contribution in [0, 0.1) is 0 Å². The number of halogens is 1. The maximum absolute atomic E-state index is 5.40. The number of hydrazine groups is 1. The Morgan fingerprint density at radius 1 is 1.83 bits per heavy atom. The molecule has 0 fully saturated rings. The average molecular weight is 105 g/mol. The van der Waals surface area contributed by atoms with Crippen molar-refractivity contribution in [3.8, 4) is 0 Å². The predicted molar refractivity (Wildman–Crippen MR) is 25.1 cm³/mol. The van der Waals surface area contributed by atoms with Crippen LogP contribution in [0.25, 0.3) is 0 Å². The van der Waals surface area contributed by atoms with E-state index < -0.39 is 0 Å². The van der Waals surface area contributed by atoms with Crippen molar-refractivity contribution in [3.63, 3.8) is 0 Å². The molecule has 0 spiro atoms. The Hall–Kier alpha value is -0.210. The first kappa shape index (κ1) is 3.96. The van der Waals surface area contributed by atoms with Gasteiger partial charge in [-0.15, -0.1) is 0 Å². The molecule has 0 radical (unpaired) electrons. The molecule has 0 bridgehead atoms. The fraction of sp³-hybridized carbons (Fsp3) is 0.333. The predicted octanol–water partition coefficient (Wildman–Crippen LogP) is 0.174. The van der Waals surface area contributed by atoms with E-state index in [9.17, 15) is 0 Å². The largest absolute Gasteiger partial charge is 0.312 e. The van der Waals surface area contributed by atoms with Gasteiger partial charge in [0.15, 0.2) is 0 Å². The van der Waals surface area contributed by atoms with Gasteiger partial charge in [0.1, 0.15) is 5.16 Å². The van der Waals surface area contributed by atoms with Crippen LogP contribution in [0.4, 0.5) is 0 Å². The zero-order valence-corrected chi connectivity index (χ0v) is 3.92. The molecule has 0 aromatic heterocycles. The lowest BCUT2D eigenvalue weighted by Crippen LogP contribution is -2.21. The van der Waals surface area contributed by atoms with E-state index in [4.69, 9.17) is 11.6 Å². The lowest BCUT2D eigenvalue weighted by Gasteiger charge is -1.88. The van der Waals surface area contributed by atoms with Gasteiger partial charge in [-0.1, -0.05) is 11.6 Å². The Balaban J connectivity index is 2.45. The van der Waals surface area contributed by atoms with E-state index in [0.717, 1.165) is 6.54 Å². The Labute approximate surface area is 41.1 Å². The molecule has 6 heavy (non-hydrogen) atoms. The van der Waals surface area contributed by atoms with Gasteiger partial charge in [-0.2, -0.15) is 0 Å². The van der Waals surface area contributed by atoms with Crippen molar-refractivity contribution in [2.24, 2.45) is 0 Å². The van der Waals surface area contributed by atoms with Crippen LogP contribution in [-0.4, -0.2) is 6.54 Å². The van der Waals surface area contributed by atoms with Crippen LogP contribution in [0.3, 0.4) is 0 Å². The van der Waals surface area contributed by atoms with Crippen LogP contribution in [0.1, 0.15) is 0 Å². The molecule has 0 aliphatic carbocycles. The lowest BCUT2D eigenvalue weighted by molar-refractivity contribution is 0.719. The fourth-order valence-electron chi connectivity index (χ4n) is 0.327. The van der Waals surface area contributed by atoms with Gasteiger partial charge in [0.25, 0.3) is 0 Å². The highest BCUT2D eigenvalue weighted by molar-refractivity contribution is 6.29. The summed E-state index contributed by atoms with van der Waals surface area (Å²) in [7, 11) is 0. The molecular weight excluding hydrogens is 99.5 g/mol. The highest BCUT2D eigenvalue weighted by Crippen LogP contribution is 1.95. The zero-order valence-electron chi connectivity index (χ0n) is 3.16. The summed E-state index contributed by atoms with van der Waals surface area (Å²) in [5.74, 6) is 0. The molecule has 1 aliphatic rings. The van der Waals surface area contributed by atoms with Crippen LogP contribution in [0.15, 0.2) is 11.2 Å². The van der Waals surface area contributed by atoms with Crippen molar-refractivity contribution < 1.29 is 0 Å². The van der Waals surface area contributed by atoms with Crippen LogP contribution in [-0.2, 0) is 0 Å². The summed E-state index contributed by atoms with van der Waals surface area (Å²) in [4.78, 5) is 0. The minimum Gasteiger partial charge on any atom is -0.312 e. The summed E-state index contributed by atoms with van der Waals surface area (Å²) in [6, 6.07) is 0. The quantitative estimate of drug-likeness (QED) is 0.429. The molecule has 2 nitrogen and oxygen atoms in total. The van der Waals surface area contributed by atoms with Gasteiger partial charge in [0.05, 0.1) is 0 Å². The van der Waals surface area contributed by atoms with Gasteiger partial charge in [0, 0.05) is 6.54 Å². The Morgan fingerprint density at radius 2 is 2.67 bits per heavy atom. The monoisotopic (exact) mass is 104 g/mol. The van der Waals surface area contributed by atoms with Crippen LogP contribution in [0.5, 0.6) is 0 Å². The van der Waals surface area contributed by atoms with Crippen molar-refractivity contribution in [2.45, 2.75) is 0 Å². The van der Waals surface area contributed by atoms with E-state index >= 15 is 0 Å². The SMILES string of the molecule is ClC1=CCNN1. The van der Waals surface area contributed by atoms with Crippen LogP contribution < -0.4 is 10.9 Å². The van der Waals surface area contributed by atoms with Crippen molar-refractivity contribution in [2.75, 3.05) is 6.54 Å². The molecule has 2 N–H and O–H groups in total. The summed E-state index contributed by atoms with van der Waals surface area (Å²) < 4.78 is 0. The second-order valence-electron chi connectivity index (χ2n) is 1.06. The first-order chi connectivity index (χ1) is 2.89. The van der Waals surface area contributed by atoms with Gasteiger partial charge >= 0.3 is 0 Å². The average Bonchev–Trinajstić information content (AvgIpc) is 1.86. The topological polar surface area (TPSA) is 24.1 Å². The van der Waals surface area contributed by atoms with Crippen molar-refractivity contribution >= 4 is 11.6 Å². The zero-order chi connectivity index (χ0) is 4.41. The third kappa shape index (κ3) is 0.640. The molecule has 0 atom stereocenters. The molecule has 0 aromatic carbocycles. The molecule has 1 rings (SSSR count). The smallest absolute Gasteiger partial charge is 0.113 e. The van der Waals surface area contributed by atoms with Crippen LogP contribution in [0.2, 0.25) is 0 Å². The second-order valence-corrected chi connectivity index (χ2v) is 1.47. The first-order valence-electron chi connectivity index (χ1n) is 1.74. The molecule has 0 amide bonds. The molecule has 34 valence electrons. The number of hydrogen-bond donors (Lipinski definition) is 2. The number of nitrogens with one attached hydrogen (secondary N) is 2. The Kier molecular flexibility index (Phi) is 0.986. The van der Waals surface area contributed by atoms with Gasteiger partial charge in [-0.05, 0) is 6.08 Å². The summed E-state index contributed by atoms with van der Waals surface area (Å²) >= 11 is 5.40. The standard InChI is InChI=1S/C3H5ClN2/c4-3-1-2-5-6-3/h1,5-6H,2H2. The van der Waals surface area contributed by atoms with Crippen molar-refractivity contribution in [1.82, 2.24) is 10.9 Å². The summed E-state index contributed by atoms with van der Waals surface area (Å²) in [5.41, 5.74) is 5.49. The lowest BCUT2D eigenvalue weighted by atomic mass is 10.7. The van der Waals surface area contributed by atoms with E-state index in [0.29, 0.717) is 5.16 Å². The van der Waals surface area contributed by atoms with Crippen molar-refractivity contribution in [3.05, 3.63) is 11.2 Å². The summed E-state index contributed by atoms with van der Waals surface area (Å²) in [6.45, 7) is 0.832. The summed E-state index contributed by atoms with van der Waals surface area (Å²) in [6.07, 6.45) is 1.86. The normalized spacial score (nSPS) is 19.8. The maximum atomic E-state index is 5.40. The molecule has 0 aromatic rings. The second kappa shape index (κ2) is 1.49. The first-order valence-corrected chi connectivity index (χ1v) is 2.12. The molecule has 0 saturated carbocycles. The third-order valence-corrected chi connectivity index (χ3v) is 0.840. The van der Waals surface area contributed by atoms with Gasteiger partial charge in [-0.25, -0.2) is 5.43 Å². The highest BCUT2D eigenvalue weighted by atomic mass is 35.5. The van der Waals surface area contributed by atoms with E-state index in [-0.39, 0.29) is 0 Å². The minimum atomic E-state index is 0.690. The number of rotatable bonds is 0. The van der Waals surface area contributed by atoms with E-state index in [1.165, 1.54) is 0 Å². The summed E-state index contributed by atoms with van der Waals surface area (Å²) in [5, 5.41) is 0.690. The number of hydrogen-bond acceptors (Lipinski definition) is 2. The van der Waals surface area contributed by atoms with E-state index in [1.54, 1.807) is 0 Å². The molecular formula is C3H5ClN2. The third-order valence-electron chi connectivity index (χ3n) is 0.591. The maximum Gasteiger partial charge on any atom is 0.113 e. The molecule has 3 heteroatoms. The molecule has 1 aliphatic heterocycles. The van der Waals surface area contributed by atoms with E-state index in [2.05, 4.69) is 10.9 Å². The Morgan fingerprint density at radius 3 is 2.83 bits per heavy atom. The van der Waals surface area contributed by atoms with Gasteiger partial charge < -0.3 is 5.43 Å². The minimum absolute atomic E-state index is 0.690. The van der Waals surface area contributed by atoms with Crippen molar-refractivity contribution in [1.29, 1.82) is 0 Å². The fourth-order valence-corrected chi connectivity index (χ4v) is 0.471. The molecule has 0 saturated heterocycles. The van der Waals surface area contributed by atoms with E-state index in [1.807, 2.05) is 6.08 Å². The molecule has 1 heterocycles. The Bertz CT molecular complexity index is 78.9. The van der Waals surface area contributed by atoms with Gasteiger partial charge in [0.2, 0.25) is 0 Å². The van der Waals surface area contributed by atoms with Crippen LogP contribution >= 0.6 is 11.6 Å². The van der Waals surface area contributed by atoms with Gasteiger partial charge in [-0.3, -0.25) is 0 Å². The highest BCUT2D eigenvalue weighted by Gasteiger charge is 1.93. The molecule has 0 unspecified atom stereocenters.